The Morgan fingerprint density at radius 3 is 2.13 bits per heavy atom. The normalized spacial score (nSPS) is 15.5. The summed E-state index contributed by atoms with van der Waals surface area (Å²) < 4.78 is 58.8. The fourth-order valence-electron chi connectivity index (χ4n) is 4.35. The smallest absolute Gasteiger partial charge is 0.243 e. The zero-order valence-corrected chi connectivity index (χ0v) is 22.9. The van der Waals surface area contributed by atoms with E-state index in [1.165, 1.54) is 28.6 Å². The van der Waals surface area contributed by atoms with Crippen LogP contribution in [0.15, 0.2) is 83.8 Å². The van der Waals surface area contributed by atoms with Crippen molar-refractivity contribution in [3.63, 3.8) is 0 Å². The van der Waals surface area contributed by atoms with E-state index in [0.717, 1.165) is 27.3 Å². The largest absolute Gasteiger partial charge is 0.379 e. The molecule has 11 heteroatoms. The number of carbonyl (C=O) groups is 1. The van der Waals surface area contributed by atoms with Crippen LogP contribution in [-0.2, 0) is 29.6 Å². The summed E-state index contributed by atoms with van der Waals surface area (Å²) in [4.78, 5) is 13.3. The number of morpholine rings is 1. The molecule has 1 amide bonds. The summed E-state index contributed by atoms with van der Waals surface area (Å²) in [6, 6.07) is 22.2. The van der Waals surface area contributed by atoms with Crippen molar-refractivity contribution in [2.75, 3.05) is 43.4 Å². The summed E-state index contributed by atoms with van der Waals surface area (Å²) in [7, 11) is -7.60. The molecule has 0 radical (unpaired) electrons. The maximum absolute atomic E-state index is 13.2. The number of nitrogens with one attached hydrogen (secondary N) is 1. The third kappa shape index (κ3) is 6.41. The quantitative estimate of drug-likeness (QED) is 0.433. The van der Waals surface area contributed by atoms with E-state index in [1.807, 2.05) is 61.5 Å². The summed E-state index contributed by atoms with van der Waals surface area (Å²) in [5.41, 5.74) is 2.93. The molecule has 1 saturated heterocycles. The van der Waals surface area contributed by atoms with Gasteiger partial charge in [-0.25, -0.2) is 16.8 Å². The molecule has 1 unspecified atom stereocenters. The summed E-state index contributed by atoms with van der Waals surface area (Å²) in [5, 5.41) is 2.98. The van der Waals surface area contributed by atoms with Crippen LogP contribution in [0.2, 0.25) is 0 Å². The van der Waals surface area contributed by atoms with Gasteiger partial charge in [-0.05, 0) is 47.9 Å². The number of rotatable bonds is 9. The standard InChI is InChI=1S/C27H31N3O6S2/c1-21-8-6-7-11-25(21)27(22-9-4-3-5-10-22)28-26(31)20-30(37(2,32)33)23-12-14-24(15-13-23)38(34,35)29-16-18-36-19-17-29/h3-15,27H,16-20H2,1-2H3,(H,28,31). The molecule has 0 aromatic heterocycles. The number of anilines is 1. The fraction of sp³-hybridized carbons (Fsp3) is 0.296. The molecular formula is C27H31N3O6S2. The molecule has 3 aromatic rings. The van der Waals surface area contributed by atoms with Crippen molar-refractivity contribution >= 4 is 31.6 Å². The number of ether oxygens (including phenoxy) is 1. The fourth-order valence-corrected chi connectivity index (χ4v) is 6.62. The van der Waals surface area contributed by atoms with Gasteiger partial charge in [-0.15, -0.1) is 0 Å². The number of amides is 1. The van der Waals surface area contributed by atoms with Crippen LogP contribution in [0.25, 0.3) is 0 Å². The van der Waals surface area contributed by atoms with Crippen LogP contribution in [0.3, 0.4) is 0 Å². The van der Waals surface area contributed by atoms with Gasteiger partial charge in [0.15, 0.2) is 0 Å². The van der Waals surface area contributed by atoms with E-state index in [-0.39, 0.29) is 23.7 Å². The first-order chi connectivity index (χ1) is 18.1. The zero-order chi connectivity index (χ0) is 27.3. The van der Waals surface area contributed by atoms with Gasteiger partial charge in [0.05, 0.1) is 36.1 Å². The van der Waals surface area contributed by atoms with Crippen molar-refractivity contribution in [1.29, 1.82) is 0 Å². The third-order valence-corrected chi connectivity index (χ3v) is 9.41. The highest BCUT2D eigenvalue weighted by Gasteiger charge is 2.28. The molecular weight excluding hydrogens is 526 g/mol. The summed E-state index contributed by atoms with van der Waals surface area (Å²) in [6.07, 6.45) is 1.01. The number of hydrogen-bond acceptors (Lipinski definition) is 6. The molecule has 202 valence electrons. The van der Waals surface area contributed by atoms with Gasteiger partial charge in [0.1, 0.15) is 6.54 Å². The summed E-state index contributed by atoms with van der Waals surface area (Å²) >= 11 is 0. The second-order valence-electron chi connectivity index (χ2n) is 9.05. The topological polar surface area (TPSA) is 113 Å². The summed E-state index contributed by atoms with van der Waals surface area (Å²) in [5.74, 6) is -0.502. The van der Waals surface area contributed by atoms with Crippen molar-refractivity contribution in [3.8, 4) is 0 Å². The van der Waals surface area contributed by atoms with Crippen LogP contribution < -0.4 is 9.62 Å². The van der Waals surface area contributed by atoms with Crippen molar-refractivity contribution in [2.24, 2.45) is 0 Å². The van der Waals surface area contributed by atoms with E-state index in [9.17, 15) is 21.6 Å². The monoisotopic (exact) mass is 557 g/mol. The Kier molecular flexibility index (Phi) is 8.51. The molecule has 0 saturated carbocycles. The predicted molar refractivity (Wildman–Crippen MR) is 146 cm³/mol. The highest BCUT2D eigenvalue weighted by atomic mass is 32.2. The van der Waals surface area contributed by atoms with E-state index in [1.54, 1.807) is 0 Å². The first-order valence-corrected chi connectivity index (χ1v) is 15.4. The Morgan fingerprint density at radius 1 is 0.921 bits per heavy atom. The Morgan fingerprint density at radius 2 is 1.53 bits per heavy atom. The molecule has 0 spiro atoms. The van der Waals surface area contributed by atoms with Crippen LogP contribution in [0.4, 0.5) is 5.69 Å². The van der Waals surface area contributed by atoms with Gasteiger partial charge in [-0.1, -0.05) is 54.6 Å². The van der Waals surface area contributed by atoms with E-state index < -0.39 is 38.5 Å². The number of nitrogens with zero attached hydrogens (tertiary/aromatic N) is 2. The molecule has 0 bridgehead atoms. The second-order valence-corrected chi connectivity index (χ2v) is 12.9. The molecule has 1 N–H and O–H groups in total. The lowest BCUT2D eigenvalue weighted by Gasteiger charge is -2.27. The van der Waals surface area contributed by atoms with E-state index >= 15 is 0 Å². The maximum atomic E-state index is 13.2. The van der Waals surface area contributed by atoms with Gasteiger partial charge in [-0.2, -0.15) is 4.31 Å². The second kappa shape index (κ2) is 11.6. The van der Waals surface area contributed by atoms with E-state index in [0.29, 0.717) is 13.2 Å². The molecule has 9 nitrogen and oxygen atoms in total. The number of benzene rings is 3. The molecule has 4 rings (SSSR count). The predicted octanol–water partition coefficient (Wildman–Crippen LogP) is 2.69. The van der Waals surface area contributed by atoms with Gasteiger partial charge < -0.3 is 10.1 Å². The van der Waals surface area contributed by atoms with E-state index in [4.69, 9.17) is 4.74 Å². The van der Waals surface area contributed by atoms with Gasteiger partial charge in [-0.3, -0.25) is 9.10 Å². The van der Waals surface area contributed by atoms with Crippen LogP contribution in [-0.4, -0.2) is 66.2 Å². The minimum absolute atomic E-state index is 0.0461. The van der Waals surface area contributed by atoms with Crippen molar-refractivity contribution in [1.82, 2.24) is 9.62 Å². The lowest BCUT2D eigenvalue weighted by molar-refractivity contribution is -0.120. The molecule has 3 aromatic carbocycles. The van der Waals surface area contributed by atoms with Crippen molar-refractivity contribution in [2.45, 2.75) is 17.9 Å². The minimum atomic E-state index is -3.86. The van der Waals surface area contributed by atoms with E-state index in [2.05, 4.69) is 5.32 Å². The van der Waals surface area contributed by atoms with Crippen LogP contribution in [0.1, 0.15) is 22.7 Å². The van der Waals surface area contributed by atoms with Gasteiger partial charge >= 0.3 is 0 Å². The number of hydrogen-bond donors (Lipinski definition) is 1. The molecule has 1 aliphatic rings. The highest BCUT2D eigenvalue weighted by molar-refractivity contribution is 7.92. The number of sulfonamides is 2. The molecule has 1 atom stereocenters. The Hall–Kier alpha value is -3.25. The maximum Gasteiger partial charge on any atom is 0.243 e. The van der Waals surface area contributed by atoms with Crippen LogP contribution >= 0.6 is 0 Å². The summed E-state index contributed by atoms with van der Waals surface area (Å²) in [6.45, 7) is 2.63. The minimum Gasteiger partial charge on any atom is -0.379 e. The Labute approximate surface area is 224 Å². The van der Waals surface area contributed by atoms with Crippen molar-refractivity contribution in [3.05, 3.63) is 95.6 Å². The molecule has 1 aliphatic heterocycles. The molecule has 1 fully saturated rings. The Bertz CT molecular complexity index is 1470. The Balaban J connectivity index is 1.57. The van der Waals surface area contributed by atoms with Gasteiger partial charge in [0, 0.05) is 13.1 Å². The lowest BCUT2D eigenvalue weighted by Crippen LogP contribution is -2.42. The first kappa shape index (κ1) is 27.8. The van der Waals surface area contributed by atoms with Gasteiger partial charge in [0.2, 0.25) is 26.0 Å². The average molecular weight is 558 g/mol. The molecule has 0 aliphatic carbocycles. The molecule has 1 heterocycles. The average Bonchev–Trinajstić information content (AvgIpc) is 2.91. The number of aryl methyl sites for hydroxylation is 1. The van der Waals surface area contributed by atoms with Crippen LogP contribution in [0.5, 0.6) is 0 Å². The highest BCUT2D eigenvalue weighted by Crippen LogP contribution is 2.26. The molecule has 38 heavy (non-hydrogen) atoms. The van der Waals surface area contributed by atoms with Crippen molar-refractivity contribution < 1.29 is 26.4 Å². The zero-order valence-electron chi connectivity index (χ0n) is 21.3. The first-order valence-electron chi connectivity index (χ1n) is 12.1. The third-order valence-electron chi connectivity index (χ3n) is 6.36. The SMILES string of the molecule is Cc1ccccc1C(NC(=O)CN(c1ccc(S(=O)(=O)N2CCOCC2)cc1)S(C)(=O)=O)c1ccccc1. The van der Waals surface area contributed by atoms with Gasteiger partial charge in [0.25, 0.3) is 0 Å². The lowest BCUT2D eigenvalue weighted by atomic mass is 9.95. The number of carbonyl (C=O) groups excluding carboxylic acids is 1. The van der Waals surface area contributed by atoms with Crippen LogP contribution in [0, 0.1) is 6.92 Å².